The number of aromatic nitrogens is 2. The summed E-state index contributed by atoms with van der Waals surface area (Å²) in [5.41, 5.74) is 3.38. The number of morpholine rings is 1. The van der Waals surface area contributed by atoms with Gasteiger partial charge in [-0.3, -0.25) is 14.1 Å². The van der Waals surface area contributed by atoms with Crippen molar-refractivity contribution in [1.82, 2.24) is 19.6 Å². The Morgan fingerprint density at radius 2 is 2.16 bits per heavy atom. The van der Waals surface area contributed by atoms with Crippen molar-refractivity contribution >= 4 is 27.5 Å². The van der Waals surface area contributed by atoms with Crippen LogP contribution in [0.1, 0.15) is 35.1 Å². The van der Waals surface area contributed by atoms with Crippen molar-refractivity contribution in [2.75, 3.05) is 39.4 Å². The fourth-order valence-corrected chi connectivity index (χ4v) is 3.76. The Morgan fingerprint density at radius 1 is 1.40 bits per heavy atom. The molecule has 1 aliphatic heterocycles. The summed E-state index contributed by atoms with van der Waals surface area (Å²) in [6, 6.07) is 2.02. The predicted octanol–water partition coefficient (Wildman–Crippen LogP) is 2.42. The Bertz CT molecular complexity index is 753. The minimum atomic E-state index is -0.0520. The van der Waals surface area contributed by atoms with Crippen LogP contribution in [0.25, 0.3) is 5.65 Å². The van der Waals surface area contributed by atoms with Crippen LogP contribution < -0.4 is 5.32 Å². The molecule has 6 nitrogen and oxygen atoms in total. The van der Waals surface area contributed by atoms with Gasteiger partial charge in [-0.1, -0.05) is 6.92 Å². The summed E-state index contributed by atoms with van der Waals surface area (Å²) in [7, 11) is 0. The van der Waals surface area contributed by atoms with Crippen molar-refractivity contribution < 1.29 is 9.53 Å². The van der Waals surface area contributed by atoms with Gasteiger partial charge in [0.25, 0.3) is 5.91 Å². The molecule has 0 radical (unpaired) electrons. The van der Waals surface area contributed by atoms with Gasteiger partial charge in [0, 0.05) is 30.3 Å². The molecule has 7 heteroatoms. The maximum absolute atomic E-state index is 12.8. The number of ether oxygens (including phenoxy) is 1. The van der Waals surface area contributed by atoms with Crippen LogP contribution in [-0.4, -0.2) is 59.6 Å². The highest BCUT2D eigenvalue weighted by molar-refractivity contribution is 9.10. The summed E-state index contributed by atoms with van der Waals surface area (Å²) in [5, 5.41) is 3.06. The fraction of sp³-hybridized carbons (Fsp3) is 0.556. The number of carbonyl (C=O) groups is 1. The molecule has 1 aliphatic rings. The van der Waals surface area contributed by atoms with Crippen LogP contribution in [0.5, 0.6) is 0 Å². The molecule has 136 valence electrons. The molecule has 0 spiro atoms. The van der Waals surface area contributed by atoms with E-state index in [1.165, 1.54) is 0 Å². The van der Waals surface area contributed by atoms with Crippen molar-refractivity contribution in [3.05, 3.63) is 33.7 Å². The molecule has 3 heterocycles. The van der Waals surface area contributed by atoms with Gasteiger partial charge in [0.05, 0.1) is 18.9 Å². The Balaban J connectivity index is 1.66. The summed E-state index contributed by atoms with van der Waals surface area (Å²) < 4.78 is 8.20. The van der Waals surface area contributed by atoms with E-state index in [2.05, 4.69) is 31.1 Å². The number of hydrogen-bond acceptors (Lipinski definition) is 4. The number of nitrogens with one attached hydrogen (secondary N) is 1. The predicted molar refractivity (Wildman–Crippen MR) is 101 cm³/mol. The van der Waals surface area contributed by atoms with E-state index >= 15 is 0 Å². The standard InChI is InChI=1S/C18H25BrN4O2/c1-3-15-16(23-12-14(19)11-13(2)17(23)21-15)18(24)20-5-4-6-22-7-9-25-10-8-22/h11-12H,3-10H2,1-2H3,(H,20,24). The van der Waals surface area contributed by atoms with Gasteiger partial charge >= 0.3 is 0 Å². The first-order valence-electron chi connectivity index (χ1n) is 8.85. The molecule has 0 aromatic carbocycles. The van der Waals surface area contributed by atoms with Gasteiger partial charge in [-0.05, 0) is 53.9 Å². The summed E-state index contributed by atoms with van der Waals surface area (Å²) in [6.45, 7) is 9.27. The van der Waals surface area contributed by atoms with Crippen LogP contribution in [0.4, 0.5) is 0 Å². The number of fused-ring (bicyclic) bond motifs is 1. The van der Waals surface area contributed by atoms with E-state index in [1.807, 2.05) is 30.5 Å². The van der Waals surface area contributed by atoms with E-state index in [-0.39, 0.29) is 5.91 Å². The molecule has 1 amide bonds. The van der Waals surface area contributed by atoms with Crippen LogP contribution in [0.15, 0.2) is 16.7 Å². The highest BCUT2D eigenvalue weighted by Gasteiger charge is 2.19. The smallest absolute Gasteiger partial charge is 0.270 e. The summed E-state index contributed by atoms with van der Waals surface area (Å²) in [6.07, 6.45) is 3.58. The number of halogens is 1. The first kappa shape index (κ1) is 18.4. The Labute approximate surface area is 156 Å². The fourth-order valence-electron chi connectivity index (χ4n) is 3.22. The zero-order valence-electron chi connectivity index (χ0n) is 14.8. The third-order valence-electron chi connectivity index (χ3n) is 4.53. The number of rotatable bonds is 6. The third kappa shape index (κ3) is 4.22. The second-order valence-electron chi connectivity index (χ2n) is 6.36. The summed E-state index contributed by atoms with van der Waals surface area (Å²) >= 11 is 3.51. The van der Waals surface area contributed by atoms with Crippen LogP contribution in [0.3, 0.4) is 0 Å². The number of amides is 1. The van der Waals surface area contributed by atoms with E-state index in [1.54, 1.807) is 0 Å². The number of nitrogens with zero attached hydrogens (tertiary/aromatic N) is 3. The summed E-state index contributed by atoms with van der Waals surface area (Å²) in [5.74, 6) is -0.0520. The molecule has 2 aromatic heterocycles. The maximum Gasteiger partial charge on any atom is 0.270 e. The number of aryl methyl sites for hydroxylation is 2. The highest BCUT2D eigenvalue weighted by atomic mass is 79.9. The van der Waals surface area contributed by atoms with Gasteiger partial charge in [0.1, 0.15) is 11.3 Å². The molecule has 25 heavy (non-hydrogen) atoms. The molecule has 0 atom stereocenters. The first-order chi connectivity index (χ1) is 12.1. The molecule has 2 aromatic rings. The van der Waals surface area contributed by atoms with Gasteiger partial charge in [0.15, 0.2) is 0 Å². The number of pyridine rings is 1. The van der Waals surface area contributed by atoms with E-state index in [9.17, 15) is 4.79 Å². The van der Waals surface area contributed by atoms with Crippen molar-refractivity contribution in [3.63, 3.8) is 0 Å². The molecular weight excluding hydrogens is 384 g/mol. The van der Waals surface area contributed by atoms with Gasteiger partial charge in [0.2, 0.25) is 0 Å². The van der Waals surface area contributed by atoms with Crippen molar-refractivity contribution in [2.45, 2.75) is 26.7 Å². The van der Waals surface area contributed by atoms with Gasteiger partial charge < -0.3 is 10.1 Å². The molecular formula is C18H25BrN4O2. The topological polar surface area (TPSA) is 58.9 Å². The summed E-state index contributed by atoms with van der Waals surface area (Å²) in [4.78, 5) is 19.8. The lowest BCUT2D eigenvalue weighted by atomic mass is 10.2. The molecule has 0 bridgehead atoms. The molecule has 3 rings (SSSR count). The number of carbonyl (C=O) groups excluding carboxylic acids is 1. The minimum Gasteiger partial charge on any atom is -0.379 e. The van der Waals surface area contributed by atoms with Crippen molar-refractivity contribution in [1.29, 1.82) is 0 Å². The first-order valence-corrected chi connectivity index (χ1v) is 9.65. The van der Waals surface area contributed by atoms with E-state index in [0.717, 1.165) is 67.1 Å². The molecule has 0 aliphatic carbocycles. The molecule has 1 saturated heterocycles. The van der Waals surface area contributed by atoms with Crippen LogP contribution in [0.2, 0.25) is 0 Å². The Kier molecular flexibility index (Phi) is 6.09. The largest absolute Gasteiger partial charge is 0.379 e. The average Bonchev–Trinajstić information content (AvgIpc) is 2.98. The lowest BCUT2D eigenvalue weighted by Crippen LogP contribution is -2.38. The Morgan fingerprint density at radius 3 is 2.88 bits per heavy atom. The SMILES string of the molecule is CCc1nc2c(C)cc(Br)cn2c1C(=O)NCCCN1CCOCC1. The quantitative estimate of drug-likeness (QED) is 0.745. The van der Waals surface area contributed by atoms with Crippen LogP contribution >= 0.6 is 15.9 Å². The van der Waals surface area contributed by atoms with E-state index in [0.29, 0.717) is 12.2 Å². The van der Waals surface area contributed by atoms with Crippen LogP contribution in [-0.2, 0) is 11.2 Å². The zero-order chi connectivity index (χ0) is 17.8. The monoisotopic (exact) mass is 408 g/mol. The van der Waals surface area contributed by atoms with E-state index < -0.39 is 0 Å². The normalized spacial score (nSPS) is 15.6. The van der Waals surface area contributed by atoms with E-state index in [4.69, 9.17) is 4.74 Å². The molecule has 0 unspecified atom stereocenters. The minimum absolute atomic E-state index is 0.0520. The lowest BCUT2D eigenvalue weighted by molar-refractivity contribution is 0.0374. The zero-order valence-corrected chi connectivity index (χ0v) is 16.4. The molecule has 1 N–H and O–H groups in total. The maximum atomic E-state index is 12.8. The average molecular weight is 409 g/mol. The van der Waals surface area contributed by atoms with Crippen LogP contribution in [0, 0.1) is 6.92 Å². The van der Waals surface area contributed by atoms with Crippen molar-refractivity contribution in [3.8, 4) is 0 Å². The van der Waals surface area contributed by atoms with Gasteiger partial charge in [-0.25, -0.2) is 4.98 Å². The lowest BCUT2D eigenvalue weighted by Gasteiger charge is -2.26. The van der Waals surface area contributed by atoms with Gasteiger partial charge in [-0.15, -0.1) is 0 Å². The van der Waals surface area contributed by atoms with Gasteiger partial charge in [-0.2, -0.15) is 0 Å². The molecule has 0 saturated carbocycles. The second-order valence-corrected chi connectivity index (χ2v) is 7.27. The number of hydrogen-bond donors (Lipinski definition) is 1. The highest BCUT2D eigenvalue weighted by Crippen LogP contribution is 2.21. The second kappa shape index (κ2) is 8.29. The van der Waals surface area contributed by atoms with Crippen molar-refractivity contribution in [2.24, 2.45) is 0 Å². The third-order valence-corrected chi connectivity index (χ3v) is 4.97. The Hall–Kier alpha value is -1.44. The number of imidazole rings is 1. The molecule has 1 fully saturated rings.